The van der Waals surface area contributed by atoms with Crippen molar-refractivity contribution in [2.75, 3.05) is 13.7 Å². The number of β-amino-alcohol motifs (C(OH)–C–C–N with tert-alkyl or cyclic N) is 1. The van der Waals surface area contributed by atoms with Gasteiger partial charge in [0.05, 0.1) is 29.3 Å². The Balaban J connectivity index is 1.41. The number of carbonyl (C=O) groups excluding carboxylic acids is 2. The Morgan fingerprint density at radius 3 is 2.72 bits per heavy atom. The van der Waals surface area contributed by atoms with Crippen molar-refractivity contribution in [2.45, 2.75) is 32.0 Å². The molecule has 2 aromatic carbocycles. The Labute approximate surface area is 190 Å². The smallest absolute Gasteiger partial charge is 0.254 e. The van der Waals surface area contributed by atoms with Gasteiger partial charge in [0.25, 0.3) is 5.91 Å². The van der Waals surface area contributed by atoms with Crippen LogP contribution in [0.5, 0.6) is 5.75 Å². The predicted octanol–water partition coefficient (Wildman–Crippen LogP) is 3.02. The van der Waals surface area contributed by atoms with Gasteiger partial charge in [0, 0.05) is 25.1 Å². The second-order valence-corrected chi connectivity index (χ2v) is 8.63. The van der Waals surface area contributed by atoms with E-state index in [-0.39, 0.29) is 24.8 Å². The number of thiazole rings is 1. The summed E-state index contributed by atoms with van der Waals surface area (Å²) in [5, 5.41) is 13.0. The van der Waals surface area contributed by atoms with Crippen molar-refractivity contribution >= 4 is 23.2 Å². The van der Waals surface area contributed by atoms with Crippen molar-refractivity contribution < 1.29 is 19.4 Å². The summed E-state index contributed by atoms with van der Waals surface area (Å²) in [5.74, 6) is -0.0152. The van der Waals surface area contributed by atoms with E-state index in [0.29, 0.717) is 17.9 Å². The minimum Gasteiger partial charge on any atom is -0.497 e. The van der Waals surface area contributed by atoms with Gasteiger partial charge in [-0.05, 0) is 36.2 Å². The number of aliphatic hydroxyl groups is 1. The van der Waals surface area contributed by atoms with Crippen LogP contribution in [0.25, 0.3) is 10.4 Å². The fourth-order valence-electron chi connectivity index (χ4n) is 3.87. The maximum Gasteiger partial charge on any atom is 0.254 e. The molecule has 166 valence electrons. The summed E-state index contributed by atoms with van der Waals surface area (Å²) in [6, 6.07) is 14.0. The zero-order valence-corrected chi connectivity index (χ0v) is 18.8. The molecule has 0 bridgehead atoms. The molecule has 1 aliphatic heterocycles. The molecule has 0 saturated carbocycles. The van der Waals surface area contributed by atoms with E-state index in [4.69, 9.17) is 4.74 Å². The maximum atomic E-state index is 13.0. The molecule has 32 heavy (non-hydrogen) atoms. The van der Waals surface area contributed by atoms with Crippen LogP contribution in [-0.4, -0.2) is 52.6 Å². The third kappa shape index (κ3) is 4.66. The Morgan fingerprint density at radius 2 is 2.03 bits per heavy atom. The van der Waals surface area contributed by atoms with E-state index in [1.54, 1.807) is 35.6 Å². The average Bonchev–Trinajstić information content (AvgIpc) is 3.42. The summed E-state index contributed by atoms with van der Waals surface area (Å²) < 4.78 is 5.19. The fourth-order valence-corrected chi connectivity index (χ4v) is 4.68. The SMILES string of the molecule is COc1cccc(C(=O)N2C[C@H](O)C[C@H]2C(=O)NCc2ccc(-c3scnc3C)cc2)c1. The van der Waals surface area contributed by atoms with Gasteiger partial charge < -0.3 is 20.1 Å². The van der Waals surface area contributed by atoms with Crippen LogP contribution in [0, 0.1) is 6.92 Å². The first-order valence-corrected chi connectivity index (χ1v) is 11.2. The molecule has 4 rings (SSSR count). The summed E-state index contributed by atoms with van der Waals surface area (Å²) in [5.41, 5.74) is 5.29. The van der Waals surface area contributed by atoms with Crippen molar-refractivity contribution in [3.05, 3.63) is 70.9 Å². The van der Waals surface area contributed by atoms with Gasteiger partial charge in [-0.3, -0.25) is 9.59 Å². The van der Waals surface area contributed by atoms with E-state index in [1.165, 1.54) is 12.0 Å². The number of hydrogen-bond donors (Lipinski definition) is 2. The number of benzene rings is 2. The number of rotatable bonds is 6. The normalized spacial score (nSPS) is 17.9. The minimum atomic E-state index is -0.734. The molecule has 1 saturated heterocycles. The number of aromatic nitrogens is 1. The topological polar surface area (TPSA) is 91.8 Å². The molecule has 7 nitrogen and oxygen atoms in total. The number of amides is 2. The van der Waals surface area contributed by atoms with Crippen LogP contribution in [0.1, 0.15) is 28.0 Å². The van der Waals surface area contributed by atoms with Gasteiger partial charge in [-0.15, -0.1) is 11.3 Å². The number of methoxy groups -OCH3 is 1. The predicted molar refractivity (Wildman–Crippen MR) is 123 cm³/mol. The van der Waals surface area contributed by atoms with Crippen LogP contribution in [0.2, 0.25) is 0 Å². The van der Waals surface area contributed by atoms with Crippen molar-refractivity contribution in [1.82, 2.24) is 15.2 Å². The van der Waals surface area contributed by atoms with Gasteiger partial charge in [-0.2, -0.15) is 0 Å². The Bertz CT molecular complexity index is 1110. The summed E-state index contributed by atoms with van der Waals surface area (Å²) in [6.45, 7) is 2.44. The van der Waals surface area contributed by atoms with Gasteiger partial charge in [0.1, 0.15) is 11.8 Å². The molecular weight excluding hydrogens is 426 g/mol. The number of likely N-dealkylation sites (tertiary alicyclic amines) is 1. The third-order valence-corrected chi connectivity index (χ3v) is 6.57. The number of hydrogen-bond acceptors (Lipinski definition) is 6. The summed E-state index contributed by atoms with van der Waals surface area (Å²) in [6.07, 6.45) is -0.521. The molecule has 2 atom stereocenters. The molecule has 1 aliphatic rings. The highest BCUT2D eigenvalue weighted by Gasteiger charge is 2.39. The van der Waals surface area contributed by atoms with Crippen LogP contribution in [0.15, 0.2) is 54.0 Å². The molecule has 2 amide bonds. The Hall–Kier alpha value is -3.23. The first-order valence-electron chi connectivity index (χ1n) is 10.4. The van der Waals surface area contributed by atoms with Crippen LogP contribution in [0.3, 0.4) is 0 Å². The van der Waals surface area contributed by atoms with Crippen LogP contribution >= 0.6 is 11.3 Å². The lowest BCUT2D eigenvalue weighted by Gasteiger charge is -2.24. The standard InChI is InChI=1S/C24H25N3O4S/c1-15-22(32-14-26-15)17-8-6-16(7-9-17)12-25-23(29)21-11-19(28)13-27(21)24(30)18-4-3-5-20(10-18)31-2/h3-10,14,19,21,28H,11-13H2,1-2H3,(H,25,29)/t19-,21+/m1/s1. The van der Waals surface area contributed by atoms with Crippen LogP contribution in [-0.2, 0) is 11.3 Å². The quantitative estimate of drug-likeness (QED) is 0.601. The third-order valence-electron chi connectivity index (χ3n) is 5.59. The van der Waals surface area contributed by atoms with Gasteiger partial charge in [0.2, 0.25) is 5.91 Å². The number of aliphatic hydroxyl groups excluding tert-OH is 1. The van der Waals surface area contributed by atoms with E-state index in [9.17, 15) is 14.7 Å². The molecule has 0 spiro atoms. The minimum absolute atomic E-state index is 0.122. The zero-order chi connectivity index (χ0) is 22.7. The number of nitrogens with one attached hydrogen (secondary N) is 1. The number of carbonyl (C=O) groups is 2. The molecule has 2 N–H and O–H groups in total. The number of aryl methyl sites for hydroxylation is 1. The van der Waals surface area contributed by atoms with Crippen molar-refractivity contribution in [2.24, 2.45) is 0 Å². The Kier molecular flexibility index (Phi) is 6.53. The van der Waals surface area contributed by atoms with Crippen molar-refractivity contribution in [1.29, 1.82) is 0 Å². The summed E-state index contributed by atoms with van der Waals surface area (Å²) >= 11 is 1.60. The number of nitrogens with zero attached hydrogens (tertiary/aromatic N) is 2. The molecule has 1 fully saturated rings. The highest BCUT2D eigenvalue weighted by Crippen LogP contribution is 2.27. The fraction of sp³-hybridized carbons (Fsp3) is 0.292. The summed E-state index contributed by atoms with van der Waals surface area (Å²) in [4.78, 5) is 32.7. The van der Waals surface area contributed by atoms with E-state index in [0.717, 1.165) is 21.7 Å². The first-order chi connectivity index (χ1) is 15.5. The van der Waals surface area contributed by atoms with E-state index in [1.807, 2.05) is 36.7 Å². The molecule has 3 aromatic rings. The maximum absolute atomic E-state index is 13.0. The second kappa shape index (κ2) is 9.50. The molecular formula is C24H25N3O4S. The van der Waals surface area contributed by atoms with E-state index < -0.39 is 12.1 Å². The lowest BCUT2D eigenvalue weighted by molar-refractivity contribution is -0.125. The Morgan fingerprint density at radius 1 is 1.25 bits per heavy atom. The van der Waals surface area contributed by atoms with Gasteiger partial charge in [0.15, 0.2) is 0 Å². The average molecular weight is 452 g/mol. The van der Waals surface area contributed by atoms with Gasteiger partial charge >= 0.3 is 0 Å². The zero-order valence-electron chi connectivity index (χ0n) is 17.9. The van der Waals surface area contributed by atoms with E-state index in [2.05, 4.69) is 10.3 Å². The lowest BCUT2D eigenvalue weighted by Crippen LogP contribution is -2.45. The largest absolute Gasteiger partial charge is 0.497 e. The molecule has 0 unspecified atom stereocenters. The molecule has 1 aromatic heterocycles. The van der Waals surface area contributed by atoms with Crippen molar-refractivity contribution in [3.8, 4) is 16.2 Å². The highest BCUT2D eigenvalue weighted by atomic mass is 32.1. The van der Waals surface area contributed by atoms with Crippen molar-refractivity contribution in [3.63, 3.8) is 0 Å². The van der Waals surface area contributed by atoms with Gasteiger partial charge in [-0.1, -0.05) is 30.3 Å². The highest BCUT2D eigenvalue weighted by molar-refractivity contribution is 7.13. The lowest BCUT2D eigenvalue weighted by atomic mass is 10.1. The summed E-state index contributed by atoms with van der Waals surface area (Å²) in [7, 11) is 1.53. The van der Waals surface area contributed by atoms with Gasteiger partial charge in [-0.25, -0.2) is 4.98 Å². The first kappa shape index (κ1) is 22.0. The molecule has 8 heteroatoms. The molecule has 2 heterocycles. The van der Waals surface area contributed by atoms with E-state index >= 15 is 0 Å². The van der Waals surface area contributed by atoms with Crippen LogP contribution < -0.4 is 10.1 Å². The monoisotopic (exact) mass is 451 g/mol. The molecule has 0 radical (unpaired) electrons. The molecule has 0 aliphatic carbocycles. The van der Waals surface area contributed by atoms with Crippen LogP contribution in [0.4, 0.5) is 0 Å². The second-order valence-electron chi connectivity index (χ2n) is 7.78. The number of ether oxygens (including phenoxy) is 1.